The van der Waals surface area contributed by atoms with Crippen LogP contribution in [0.5, 0.6) is 5.75 Å². The van der Waals surface area contributed by atoms with Crippen molar-refractivity contribution in [2.75, 3.05) is 11.9 Å². The Morgan fingerprint density at radius 3 is 2.65 bits per heavy atom. The van der Waals surface area contributed by atoms with Crippen LogP contribution in [0.15, 0.2) is 42.5 Å². The molecule has 7 nitrogen and oxygen atoms in total. The Hall–Kier alpha value is -3.35. The van der Waals surface area contributed by atoms with Crippen LogP contribution in [0.25, 0.3) is 11.3 Å². The van der Waals surface area contributed by atoms with E-state index in [2.05, 4.69) is 26.0 Å². The molecule has 1 aliphatic heterocycles. The van der Waals surface area contributed by atoms with Crippen molar-refractivity contribution in [2.24, 2.45) is 0 Å². The van der Waals surface area contributed by atoms with Crippen LogP contribution in [0.3, 0.4) is 0 Å². The van der Waals surface area contributed by atoms with Crippen LogP contribution in [-0.2, 0) is 0 Å². The highest BCUT2D eigenvalue weighted by molar-refractivity contribution is 6.02. The number of nitrogens with zero attached hydrogens (tertiary/aromatic N) is 2. The van der Waals surface area contributed by atoms with Gasteiger partial charge in [-0.05, 0) is 49.7 Å². The lowest BCUT2D eigenvalue weighted by Gasteiger charge is -2.28. The van der Waals surface area contributed by atoms with Crippen LogP contribution in [0.1, 0.15) is 34.7 Å². The number of fused-ring (bicyclic) bond motifs is 1. The fraction of sp³-hybridized carbons (Fsp3) is 0.211. The summed E-state index contributed by atoms with van der Waals surface area (Å²) in [6.45, 7) is 4.53. The third-order valence-electron chi connectivity index (χ3n) is 4.37. The average molecular weight is 349 g/mol. The summed E-state index contributed by atoms with van der Waals surface area (Å²) < 4.78 is 5.48. The Labute approximate surface area is 150 Å². The largest absolute Gasteiger partial charge is 0.494 e. The van der Waals surface area contributed by atoms with Crippen molar-refractivity contribution in [2.45, 2.75) is 20.0 Å². The van der Waals surface area contributed by atoms with E-state index in [4.69, 9.17) is 4.74 Å². The number of aromatic amines is 1. The number of carbonyl (C=O) groups excluding carboxylic acids is 1. The van der Waals surface area contributed by atoms with Crippen LogP contribution in [-0.4, -0.2) is 27.9 Å². The van der Waals surface area contributed by atoms with Gasteiger partial charge in [-0.1, -0.05) is 12.1 Å². The molecule has 7 heteroatoms. The van der Waals surface area contributed by atoms with Crippen molar-refractivity contribution in [3.05, 3.63) is 59.3 Å². The number of aryl methyl sites for hydroxylation is 1. The van der Waals surface area contributed by atoms with Crippen LogP contribution < -0.4 is 15.4 Å². The van der Waals surface area contributed by atoms with Gasteiger partial charge in [-0.15, -0.1) is 0 Å². The zero-order valence-electron chi connectivity index (χ0n) is 14.5. The Kier molecular flexibility index (Phi) is 4.04. The maximum Gasteiger partial charge on any atom is 0.255 e. The van der Waals surface area contributed by atoms with E-state index in [0.717, 1.165) is 22.6 Å². The molecule has 0 aliphatic carbocycles. The number of nitrogens with one attached hydrogen (secondary N) is 3. The first-order valence-electron chi connectivity index (χ1n) is 8.48. The van der Waals surface area contributed by atoms with E-state index in [1.54, 1.807) is 6.07 Å². The second kappa shape index (κ2) is 6.51. The molecule has 4 rings (SSSR count). The first-order valence-corrected chi connectivity index (χ1v) is 8.48. The van der Waals surface area contributed by atoms with Gasteiger partial charge >= 0.3 is 0 Å². The van der Waals surface area contributed by atoms with E-state index in [1.165, 1.54) is 0 Å². The van der Waals surface area contributed by atoms with E-state index in [0.29, 0.717) is 23.6 Å². The molecule has 2 aromatic carbocycles. The lowest BCUT2D eigenvalue weighted by atomic mass is 10.0. The fourth-order valence-corrected chi connectivity index (χ4v) is 3.10. The second-order valence-electron chi connectivity index (χ2n) is 6.06. The predicted molar refractivity (Wildman–Crippen MR) is 98.0 cm³/mol. The summed E-state index contributed by atoms with van der Waals surface area (Å²) in [5.41, 5.74) is 4.67. The van der Waals surface area contributed by atoms with Gasteiger partial charge < -0.3 is 15.4 Å². The zero-order chi connectivity index (χ0) is 18.1. The molecule has 26 heavy (non-hydrogen) atoms. The Morgan fingerprint density at radius 2 is 1.88 bits per heavy atom. The standard InChI is InChI=1S/C19H19N5O2/c1-3-26-13-9-7-12(8-10-13)16-17(23-24-22-16)18-20-15-11(2)5-4-6-14(15)19(25)21-18/h4-10,18,20H,3H2,1-2H3,(H,21,25)(H,22,23,24). The van der Waals surface area contributed by atoms with Crippen molar-refractivity contribution in [1.29, 1.82) is 0 Å². The van der Waals surface area contributed by atoms with Crippen molar-refractivity contribution in [1.82, 2.24) is 20.7 Å². The molecule has 3 N–H and O–H groups in total. The maximum absolute atomic E-state index is 12.5. The molecular formula is C19H19N5O2. The summed E-state index contributed by atoms with van der Waals surface area (Å²) in [5.74, 6) is 0.669. The van der Waals surface area contributed by atoms with Crippen LogP contribution >= 0.6 is 0 Å². The van der Waals surface area contributed by atoms with Crippen molar-refractivity contribution >= 4 is 11.6 Å². The number of ether oxygens (including phenoxy) is 1. The summed E-state index contributed by atoms with van der Waals surface area (Å²) in [5, 5.41) is 17.5. The SMILES string of the molecule is CCOc1ccc(-c2n[nH]nc2C2NC(=O)c3cccc(C)c3N2)cc1. The highest BCUT2D eigenvalue weighted by Crippen LogP contribution is 2.32. The monoisotopic (exact) mass is 349 g/mol. The van der Waals surface area contributed by atoms with E-state index < -0.39 is 6.17 Å². The minimum Gasteiger partial charge on any atom is -0.494 e. The number of amides is 1. The van der Waals surface area contributed by atoms with Gasteiger partial charge in [-0.3, -0.25) is 4.79 Å². The number of para-hydroxylation sites is 1. The average Bonchev–Trinajstić information content (AvgIpc) is 3.13. The van der Waals surface area contributed by atoms with Gasteiger partial charge in [0, 0.05) is 5.56 Å². The van der Waals surface area contributed by atoms with Crippen molar-refractivity contribution < 1.29 is 9.53 Å². The number of rotatable bonds is 4. The normalized spacial score (nSPS) is 15.8. The topological polar surface area (TPSA) is 91.9 Å². The second-order valence-corrected chi connectivity index (χ2v) is 6.06. The van der Waals surface area contributed by atoms with Crippen molar-refractivity contribution in [3.8, 4) is 17.0 Å². The van der Waals surface area contributed by atoms with E-state index in [-0.39, 0.29) is 5.91 Å². The summed E-state index contributed by atoms with van der Waals surface area (Å²) >= 11 is 0. The van der Waals surface area contributed by atoms with Crippen LogP contribution in [0.2, 0.25) is 0 Å². The van der Waals surface area contributed by atoms with Gasteiger partial charge in [0.2, 0.25) is 0 Å². The lowest BCUT2D eigenvalue weighted by molar-refractivity contribution is 0.0935. The third kappa shape index (κ3) is 2.77. The zero-order valence-corrected chi connectivity index (χ0v) is 14.5. The minimum absolute atomic E-state index is 0.131. The number of H-pyrrole nitrogens is 1. The molecule has 3 aromatic rings. The molecule has 1 aliphatic rings. The van der Waals surface area contributed by atoms with Crippen LogP contribution in [0.4, 0.5) is 5.69 Å². The summed E-state index contributed by atoms with van der Waals surface area (Å²) in [4.78, 5) is 12.5. The van der Waals surface area contributed by atoms with Crippen LogP contribution in [0, 0.1) is 6.92 Å². The summed E-state index contributed by atoms with van der Waals surface area (Å²) in [7, 11) is 0. The highest BCUT2D eigenvalue weighted by atomic mass is 16.5. The molecule has 0 saturated carbocycles. The van der Waals surface area contributed by atoms with E-state index in [1.807, 2.05) is 50.2 Å². The van der Waals surface area contributed by atoms with Gasteiger partial charge in [0.15, 0.2) is 0 Å². The van der Waals surface area contributed by atoms with Crippen molar-refractivity contribution in [3.63, 3.8) is 0 Å². The first-order chi connectivity index (χ1) is 12.7. The number of hydrogen-bond donors (Lipinski definition) is 3. The molecule has 0 bridgehead atoms. The molecule has 0 radical (unpaired) electrons. The fourth-order valence-electron chi connectivity index (χ4n) is 3.10. The highest BCUT2D eigenvalue weighted by Gasteiger charge is 2.29. The Bertz CT molecular complexity index is 949. The predicted octanol–water partition coefficient (Wildman–Crippen LogP) is 3.03. The molecule has 132 valence electrons. The molecule has 0 fully saturated rings. The number of benzene rings is 2. The summed E-state index contributed by atoms with van der Waals surface area (Å²) in [6, 6.07) is 13.3. The molecule has 1 aromatic heterocycles. The quantitative estimate of drug-likeness (QED) is 0.673. The van der Waals surface area contributed by atoms with Gasteiger partial charge in [-0.25, -0.2) is 0 Å². The van der Waals surface area contributed by atoms with E-state index >= 15 is 0 Å². The maximum atomic E-state index is 12.5. The Morgan fingerprint density at radius 1 is 1.08 bits per heavy atom. The van der Waals surface area contributed by atoms with Gasteiger partial charge in [-0.2, -0.15) is 15.4 Å². The molecule has 2 heterocycles. The van der Waals surface area contributed by atoms with E-state index in [9.17, 15) is 4.79 Å². The molecule has 0 saturated heterocycles. The number of carbonyl (C=O) groups is 1. The lowest BCUT2D eigenvalue weighted by Crippen LogP contribution is -2.39. The molecule has 1 atom stereocenters. The molecule has 1 unspecified atom stereocenters. The van der Waals surface area contributed by atoms with Gasteiger partial charge in [0.1, 0.15) is 23.3 Å². The van der Waals surface area contributed by atoms with Gasteiger partial charge in [0.05, 0.1) is 17.9 Å². The molecular weight excluding hydrogens is 330 g/mol. The number of anilines is 1. The first kappa shape index (κ1) is 16.1. The molecule has 1 amide bonds. The number of hydrogen-bond acceptors (Lipinski definition) is 5. The smallest absolute Gasteiger partial charge is 0.255 e. The summed E-state index contributed by atoms with van der Waals surface area (Å²) in [6.07, 6.45) is -0.462. The Balaban J connectivity index is 1.67. The minimum atomic E-state index is -0.462. The van der Waals surface area contributed by atoms with Gasteiger partial charge in [0.25, 0.3) is 5.91 Å². The molecule has 0 spiro atoms. The third-order valence-corrected chi connectivity index (χ3v) is 4.37. The number of aromatic nitrogens is 3.